The third kappa shape index (κ3) is 3.49. The van der Waals surface area contributed by atoms with Crippen LogP contribution in [0.4, 0.5) is 5.69 Å². The van der Waals surface area contributed by atoms with Crippen molar-refractivity contribution < 1.29 is 8.42 Å². The molecule has 2 aromatic rings. The molecule has 19 heavy (non-hydrogen) atoms. The van der Waals surface area contributed by atoms with Gasteiger partial charge in [0, 0.05) is 9.50 Å². The second-order valence-corrected chi connectivity index (χ2v) is 7.38. The maximum atomic E-state index is 12.3. The zero-order valence-corrected chi connectivity index (χ0v) is 13.0. The van der Waals surface area contributed by atoms with Crippen LogP contribution in [-0.4, -0.2) is 8.42 Å². The van der Waals surface area contributed by atoms with Crippen molar-refractivity contribution >= 4 is 43.1 Å². The monoisotopic (exact) mass is 359 g/mol. The third-order valence-corrected chi connectivity index (χ3v) is 5.04. The van der Waals surface area contributed by atoms with Gasteiger partial charge < -0.3 is 5.73 Å². The van der Waals surface area contributed by atoms with Crippen molar-refractivity contribution in [2.75, 3.05) is 5.73 Å². The summed E-state index contributed by atoms with van der Waals surface area (Å²) in [4.78, 5) is 0.108. The minimum absolute atomic E-state index is 0.0989. The summed E-state index contributed by atoms with van der Waals surface area (Å²) >= 11 is 9.08. The maximum Gasteiger partial charge on any atom is 0.184 e. The first kappa shape index (κ1) is 14.4. The average molecular weight is 361 g/mol. The third-order valence-electron chi connectivity index (χ3n) is 2.55. The summed E-state index contributed by atoms with van der Waals surface area (Å²) in [7, 11) is -3.48. The van der Waals surface area contributed by atoms with E-state index in [2.05, 4.69) is 15.9 Å². The molecule has 0 amide bonds. The number of anilines is 1. The van der Waals surface area contributed by atoms with Crippen LogP contribution in [0.1, 0.15) is 5.56 Å². The Morgan fingerprint density at radius 3 is 2.53 bits per heavy atom. The van der Waals surface area contributed by atoms with E-state index in [1.807, 2.05) is 6.07 Å². The lowest BCUT2D eigenvalue weighted by molar-refractivity contribution is 0.595. The van der Waals surface area contributed by atoms with Gasteiger partial charge in [-0.2, -0.15) is 0 Å². The van der Waals surface area contributed by atoms with Crippen molar-refractivity contribution in [1.29, 1.82) is 0 Å². The minimum Gasteiger partial charge on any atom is -0.398 e. The zero-order chi connectivity index (χ0) is 14.0. The van der Waals surface area contributed by atoms with E-state index in [9.17, 15) is 8.42 Å². The van der Waals surface area contributed by atoms with Gasteiger partial charge in [-0.25, -0.2) is 8.42 Å². The van der Waals surface area contributed by atoms with Crippen molar-refractivity contribution in [3.8, 4) is 0 Å². The smallest absolute Gasteiger partial charge is 0.184 e. The van der Waals surface area contributed by atoms with Crippen molar-refractivity contribution in [2.24, 2.45) is 0 Å². The van der Waals surface area contributed by atoms with Crippen LogP contribution in [0.25, 0.3) is 0 Å². The van der Waals surface area contributed by atoms with E-state index in [0.717, 1.165) is 4.47 Å². The highest BCUT2D eigenvalue weighted by Crippen LogP contribution is 2.26. The Kier molecular flexibility index (Phi) is 4.18. The van der Waals surface area contributed by atoms with Crippen molar-refractivity contribution in [3.63, 3.8) is 0 Å². The van der Waals surface area contributed by atoms with Gasteiger partial charge in [0.05, 0.1) is 16.3 Å². The standard InChI is InChI=1S/C13H11BrClNO2S/c14-10-3-1-2-9(6-10)8-19(17,18)13-5-4-11(15)7-12(13)16/h1-7H,8,16H2. The highest BCUT2D eigenvalue weighted by atomic mass is 79.9. The van der Waals surface area contributed by atoms with Gasteiger partial charge in [-0.1, -0.05) is 39.7 Å². The lowest BCUT2D eigenvalue weighted by Crippen LogP contribution is -2.07. The highest BCUT2D eigenvalue weighted by Gasteiger charge is 2.18. The molecule has 2 rings (SSSR count). The number of hydrogen-bond acceptors (Lipinski definition) is 3. The average Bonchev–Trinajstić information content (AvgIpc) is 2.27. The highest BCUT2D eigenvalue weighted by molar-refractivity contribution is 9.10. The zero-order valence-electron chi connectivity index (χ0n) is 9.81. The molecule has 0 saturated carbocycles. The number of halogens is 2. The van der Waals surface area contributed by atoms with Crippen molar-refractivity contribution in [3.05, 3.63) is 57.5 Å². The molecule has 0 aromatic heterocycles. The summed E-state index contributed by atoms with van der Waals surface area (Å²) in [5, 5.41) is 0.416. The van der Waals surface area contributed by atoms with Gasteiger partial charge in [0.25, 0.3) is 0 Å². The molecular weight excluding hydrogens is 350 g/mol. The van der Waals surface area contributed by atoms with Crippen LogP contribution in [-0.2, 0) is 15.6 Å². The first-order chi connectivity index (χ1) is 8.88. The Hall–Kier alpha value is -1.04. The summed E-state index contributed by atoms with van der Waals surface area (Å²) < 4.78 is 25.5. The Balaban J connectivity index is 2.38. The predicted molar refractivity (Wildman–Crippen MR) is 80.9 cm³/mol. The van der Waals surface area contributed by atoms with Crippen molar-refractivity contribution in [2.45, 2.75) is 10.6 Å². The fourth-order valence-electron chi connectivity index (χ4n) is 1.73. The molecule has 0 saturated heterocycles. The normalized spacial score (nSPS) is 11.5. The molecule has 0 heterocycles. The Labute approximate surface area is 125 Å². The number of nitrogens with two attached hydrogens (primary N) is 1. The van der Waals surface area contributed by atoms with Gasteiger partial charge in [-0.3, -0.25) is 0 Å². The topological polar surface area (TPSA) is 60.2 Å². The Morgan fingerprint density at radius 2 is 1.89 bits per heavy atom. The summed E-state index contributed by atoms with van der Waals surface area (Å²) in [5.74, 6) is -0.0989. The molecule has 6 heteroatoms. The summed E-state index contributed by atoms with van der Waals surface area (Å²) in [5.41, 5.74) is 6.59. The predicted octanol–water partition coefficient (Wildman–Crippen LogP) is 3.66. The molecule has 2 N–H and O–H groups in total. The van der Waals surface area contributed by atoms with E-state index in [4.69, 9.17) is 17.3 Å². The number of rotatable bonds is 3. The van der Waals surface area contributed by atoms with Crippen LogP contribution >= 0.6 is 27.5 Å². The second-order valence-electron chi connectivity index (χ2n) is 4.07. The molecule has 3 nitrogen and oxygen atoms in total. The van der Waals surface area contributed by atoms with Crippen LogP contribution in [0, 0.1) is 0 Å². The molecule has 0 spiro atoms. The number of hydrogen-bond donors (Lipinski definition) is 1. The fraction of sp³-hybridized carbons (Fsp3) is 0.0769. The Bertz CT molecular complexity index is 716. The van der Waals surface area contributed by atoms with Crippen LogP contribution in [0.3, 0.4) is 0 Å². The molecule has 100 valence electrons. The van der Waals surface area contributed by atoms with E-state index < -0.39 is 9.84 Å². The first-order valence-corrected chi connectivity index (χ1v) is 8.23. The van der Waals surface area contributed by atoms with Crippen molar-refractivity contribution in [1.82, 2.24) is 0 Å². The lowest BCUT2D eigenvalue weighted by Gasteiger charge is -2.08. The molecular formula is C13H11BrClNO2S. The molecule has 0 radical (unpaired) electrons. The van der Waals surface area contributed by atoms with Gasteiger partial charge >= 0.3 is 0 Å². The lowest BCUT2D eigenvalue weighted by atomic mass is 10.2. The summed E-state index contributed by atoms with van der Waals surface area (Å²) in [6.45, 7) is 0. The summed E-state index contributed by atoms with van der Waals surface area (Å²) in [6.07, 6.45) is 0. The van der Waals surface area contributed by atoms with E-state index in [1.165, 1.54) is 18.2 Å². The van der Waals surface area contributed by atoms with Crippen LogP contribution in [0.15, 0.2) is 51.8 Å². The minimum atomic E-state index is -3.48. The molecule has 0 fully saturated rings. The Morgan fingerprint density at radius 1 is 1.16 bits per heavy atom. The van der Waals surface area contributed by atoms with E-state index in [0.29, 0.717) is 10.6 Å². The quantitative estimate of drug-likeness (QED) is 0.850. The van der Waals surface area contributed by atoms with E-state index >= 15 is 0 Å². The SMILES string of the molecule is Nc1cc(Cl)ccc1S(=O)(=O)Cc1cccc(Br)c1. The fourth-order valence-corrected chi connectivity index (χ4v) is 3.82. The van der Waals surface area contributed by atoms with Crippen LogP contribution < -0.4 is 5.73 Å². The largest absolute Gasteiger partial charge is 0.398 e. The number of benzene rings is 2. The molecule has 0 bridgehead atoms. The van der Waals surface area contributed by atoms with E-state index in [-0.39, 0.29) is 16.3 Å². The molecule has 0 atom stereocenters. The molecule has 0 unspecified atom stereocenters. The van der Waals surface area contributed by atoms with E-state index in [1.54, 1.807) is 18.2 Å². The molecule has 0 aliphatic carbocycles. The molecule has 0 aliphatic heterocycles. The number of nitrogen functional groups attached to an aromatic ring is 1. The van der Waals surface area contributed by atoms with Gasteiger partial charge in [0.15, 0.2) is 9.84 Å². The number of sulfone groups is 1. The van der Waals surface area contributed by atoms with Crippen LogP contribution in [0.2, 0.25) is 5.02 Å². The maximum absolute atomic E-state index is 12.3. The van der Waals surface area contributed by atoms with Gasteiger partial charge in [-0.15, -0.1) is 0 Å². The first-order valence-electron chi connectivity index (χ1n) is 5.41. The van der Waals surface area contributed by atoms with Gasteiger partial charge in [-0.05, 0) is 35.9 Å². The molecule has 2 aromatic carbocycles. The molecule has 0 aliphatic rings. The summed E-state index contributed by atoms with van der Waals surface area (Å²) in [6, 6.07) is 11.6. The second kappa shape index (κ2) is 5.53. The van der Waals surface area contributed by atoms with Gasteiger partial charge in [0.2, 0.25) is 0 Å². The van der Waals surface area contributed by atoms with Crippen LogP contribution in [0.5, 0.6) is 0 Å². The van der Waals surface area contributed by atoms with Gasteiger partial charge in [0.1, 0.15) is 0 Å².